The van der Waals surface area contributed by atoms with E-state index in [1.807, 2.05) is 68.5 Å². The molecule has 3 heteroatoms. The van der Waals surface area contributed by atoms with E-state index in [-0.39, 0.29) is 17.4 Å². The lowest BCUT2D eigenvalue weighted by molar-refractivity contribution is 0.383. The summed E-state index contributed by atoms with van der Waals surface area (Å²) in [7, 11) is 1.65. The molecular formula is C37H38O3. The predicted octanol–water partition coefficient (Wildman–Crippen LogP) is 9.68. The van der Waals surface area contributed by atoms with Gasteiger partial charge in [0.1, 0.15) is 17.3 Å². The molecule has 2 atom stereocenters. The molecule has 1 aliphatic rings. The van der Waals surface area contributed by atoms with Crippen molar-refractivity contribution >= 4 is 10.8 Å². The summed E-state index contributed by atoms with van der Waals surface area (Å²) in [4.78, 5) is 0. The predicted molar refractivity (Wildman–Crippen MR) is 168 cm³/mol. The van der Waals surface area contributed by atoms with Gasteiger partial charge in [0.25, 0.3) is 0 Å². The molecule has 4 aromatic carbocycles. The molecule has 0 spiro atoms. The number of fused-ring (bicyclic) bond motifs is 1. The van der Waals surface area contributed by atoms with Crippen molar-refractivity contribution in [3.05, 3.63) is 144 Å². The molecule has 2 N–H and O–H groups in total. The molecule has 0 bridgehead atoms. The Bertz CT molecular complexity index is 1550. The third-order valence-electron chi connectivity index (χ3n) is 7.65. The number of hydrogen-bond acceptors (Lipinski definition) is 3. The first-order chi connectivity index (χ1) is 19.4. The average Bonchev–Trinajstić information content (AvgIpc) is 3.08. The molecule has 0 saturated heterocycles. The summed E-state index contributed by atoms with van der Waals surface area (Å²) in [5, 5.41) is 23.9. The van der Waals surface area contributed by atoms with E-state index in [0.29, 0.717) is 6.42 Å². The van der Waals surface area contributed by atoms with Gasteiger partial charge >= 0.3 is 0 Å². The van der Waals surface area contributed by atoms with E-state index in [0.717, 1.165) is 44.3 Å². The Balaban J connectivity index is 0.00000181. The fourth-order valence-corrected chi connectivity index (χ4v) is 5.45. The number of allylic oxidation sites excluding steroid dienone is 6. The normalized spacial score (nSPS) is 19.4. The lowest BCUT2D eigenvalue weighted by Gasteiger charge is -2.39. The Morgan fingerprint density at radius 2 is 1.50 bits per heavy atom. The summed E-state index contributed by atoms with van der Waals surface area (Å²) in [6.45, 7) is 10.3. The van der Waals surface area contributed by atoms with Crippen LogP contribution in [0, 0.1) is 5.92 Å². The number of benzene rings is 4. The Labute approximate surface area is 238 Å². The maximum atomic E-state index is 11.5. The number of methoxy groups -OCH3 is 1. The third-order valence-corrected chi connectivity index (χ3v) is 7.65. The minimum absolute atomic E-state index is 0.105. The number of aliphatic hydroxyl groups excluding tert-OH is 1. The summed E-state index contributed by atoms with van der Waals surface area (Å²) in [6, 6.07) is 28.5. The van der Waals surface area contributed by atoms with Gasteiger partial charge in [-0.1, -0.05) is 112 Å². The first-order valence-corrected chi connectivity index (χ1v) is 13.8. The van der Waals surface area contributed by atoms with Crippen LogP contribution in [-0.2, 0) is 5.41 Å². The smallest absolute Gasteiger partial charge is 0.120 e. The van der Waals surface area contributed by atoms with Crippen LogP contribution in [0.1, 0.15) is 38.3 Å². The van der Waals surface area contributed by atoms with Crippen molar-refractivity contribution in [2.24, 2.45) is 5.92 Å². The van der Waals surface area contributed by atoms with E-state index < -0.39 is 5.41 Å². The van der Waals surface area contributed by atoms with Crippen LogP contribution in [0.2, 0.25) is 0 Å². The standard InChI is InChI=1S/C35H32O3.C2H6/c1-24-9-15-28(18-20-30(36)19-10-24)35(2,29-16-11-26(12-17-29)25-7-5-4-6-8-25)34-32-23-31(38-3)21-13-27(32)14-22-33(34)37;1-2/h4-17,19-23,28,36-37H,1,18H2,2-3H3;1-2H3/b15-9-,19-10-,30-20+;. The summed E-state index contributed by atoms with van der Waals surface area (Å²) < 4.78 is 5.57. The molecule has 0 radical (unpaired) electrons. The second-order valence-corrected chi connectivity index (χ2v) is 9.93. The highest BCUT2D eigenvalue weighted by atomic mass is 16.5. The zero-order valence-corrected chi connectivity index (χ0v) is 23.8. The molecule has 0 amide bonds. The quantitative estimate of drug-likeness (QED) is 0.270. The molecule has 204 valence electrons. The lowest BCUT2D eigenvalue weighted by atomic mass is 9.64. The topological polar surface area (TPSA) is 49.7 Å². The SMILES string of the molecule is C=C1/C=C\C(O)=C/CC(C(C)(c2ccc(-c3ccccc3)cc2)c2c(O)ccc3ccc(OC)cc23)/C=C\1.CC. The molecule has 0 aromatic heterocycles. The van der Waals surface area contributed by atoms with Crippen molar-refractivity contribution in [3.63, 3.8) is 0 Å². The van der Waals surface area contributed by atoms with E-state index >= 15 is 0 Å². The zero-order chi connectivity index (χ0) is 28.7. The first-order valence-electron chi connectivity index (χ1n) is 13.8. The second-order valence-electron chi connectivity index (χ2n) is 9.93. The molecular weight excluding hydrogens is 492 g/mol. The van der Waals surface area contributed by atoms with Gasteiger partial charge in [-0.05, 0) is 75.7 Å². The second kappa shape index (κ2) is 12.6. The fraction of sp³-hybridized carbons (Fsp3) is 0.189. The van der Waals surface area contributed by atoms with Crippen molar-refractivity contribution in [2.45, 2.75) is 32.6 Å². The number of phenols is 1. The molecule has 0 saturated carbocycles. The highest BCUT2D eigenvalue weighted by Crippen LogP contribution is 2.49. The van der Waals surface area contributed by atoms with Gasteiger partial charge in [0.2, 0.25) is 0 Å². The van der Waals surface area contributed by atoms with Crippen LogP contribution in [0.3, 0.4) is 0 Å². The van der Waals surface area contributed by atoms with Crippen LogP contribution < -0.4 is 4.74 Å². The van der Waals surface area contributed by atoms with Crippen LogP contribution >= 0.6 is 0 Å². The van der Waals surface area contributed by atoms with Crippen LogP contribution in [0.5, 0.6) is 11.5 Å². The highest BCUT2D eigenvalue weighted by molar-refractivity contribution is 5.90. The Morgan fingerprint density at radius 1 is 0.825 bits per heavy atom. The summed E-state index contributed by atoms with van der Waals surface area (Å²) in [5.41, 5.74) is 4.28. The molecule has 4 aromatic rings. The van der Waals surface area contributed by atoms with Gasteiger partial charge in [-0.2, -0.15) is 0 Å². The number of aromatic hydroxyl groups is 1. The summed E-state index contributed by atoms with van der Waals surface area (Å²) in [6.07, 6.45) is 10.0. The van der Waals surface area contributed by atoms with Gasteiger partial charge in [-0.25, -0.2) is 0 Å². The van der Waals surface area contributed by atoms with Gasteiger partial charge < -0.3 is 14.9 Å². The van der Waals surface area contributed by atoms with Gasteiger partial charge in [0.15, 0.2) is 0 Å². The third kappa shape index (κ3) is 5.74. The Hall–Kier alpha value is -4.50. The number of phenolic OH excluding ortho intramolecular Hbond substituents is 1. The number of rotatable bonds is 5. The molecule has 5 rings (SSSR count). The maximum Gasteiger partial charge on any atom is 0.120 e. The zero-order valence-electron chi connectivity index (χ0n) is 23.8. The fourth-order valence-electron chi connectivity index (χ4n) is 5.45. The summed E-state index contributed by atoms with van der Waals surface area (Å²) in [5.74, 6) is 1.04. The van der Waals surface area contributed by atoms with Crippen molar-refractivity contribution in [1.82, 2.24) is 0 Å². The maximum absolute atomic E-state index is 11.5. The van der Waals surface area contributed by atoms with E-state index in [9.17, 15) is 10.2 Å². The molecule has 2 unspecified atom stereocenters. The molecule has 3 nitrogen and oxygen atoms in total. The molecule has 0 fully saturated rings. The minimum Gasteiger partial charge on any atom is -0.508 e. The van der Waals surface area contributed by atoms with Gasteiger partial charge in [0, 0.05) is 11.0 Å². The Morgan fingerprint density at radius 3 is 2.20 bits per heavy atom. The molecule has 0 heterocycles. The molecule has 0 aliphatic heterocycles. The monoisotopic (exact) mass is 530 g/mol. The van der Waals surface area contributed by atoms with E-state index in [2.05, 4.69) is 56.0 Å². The first kappa shape index (κ1) is 28.5. The van der Waals surface area contributed by atoms with E-state index in [1.165, 1.54) is 0 Å². The average molecular weight is 531 g/mol. The molecule has 40 heavy (non-hydrogen) atoms. The van der Waals surface area contributed by atoms with Crippen molar-refractivity contribution in [1.29, 1.82) is 0 Å². The van der Waals surface area contributed by atoms with Gasteiger partial charge in [-0.3, -0.25) is 0 Å². The van der Waals surface area contributed by atoms with Crippen molar-refractivity contribution < 1.29 is 14.9 Å². The van der Waals surface area contributed by atoms with Gasteiger partial charge in [-0.15, -0.1) is 0 Å². The van der Waals surface area contributed by atoms with E-state index in [4.69, 9.17) is 4.74 Å². The van der Waals surface area contributed by atoms with Crippen LogP contribution in [0.4, 0.5) is 0 Å². The Kier molecular flexibility index (Phi) is 8.96. The number of aliphatic hydroxyl groups is 1. The largest absolute Gasteiger partial charge is 0.508 e. The van der Waals surface area contributed by atoms with Crippen LogP contribution in [0.15, 0.2) is 133 Å². The lowest BCUT2D eigenvalue weighted by Crippen LogP contribution is -2.33. The summed E-state index contributed by atoms with van der Waals surface area (Å²) >= 11 is 0. The van der Waals surface area contributed by atoms with Crippen LogP contribution in [0.25, 0.3) is 21.9 Å². The minimum atomic E-state index is -0.664. The van der Waals surface area contributed by atoms with Crippen molar-refractivity contribution in [2.75, 3.05) is 7.11 Å². The van der Waals surface area contributed by atoms with Crippen molar-refractivity contribution in [3.8, 4) is 22.6 Å². The highest BCUT2D eigenvalue weighted by Gasteiger charge is 2.39. The van der Waals surface area contributed by atoms with Gasteiger partial charge in [0.05, 0.1) is 7.11 Å². The number of ether oxygens (including phenoxy) is 1. The molecule has 1 aliphatic carbocycles. The number of hydrogen-bond donors (Lipinski definition) is 2. The van der Waals surface area contributed by atoms with Crippen LogP contribution in [-0.4, -0.2) is 17.3 Å². The van der Waals surface area contributed by atoms with E-state index in [1.54, 1.807) is 25.3 Å².